The third-order valence-electron chi connectivity index (χ3n) is 2.14. The van der Waals surface area contributed by atoms with Gasteiger partial charge in [-0.25, -0.2) is 15.0 Å². The molecule has 2 heterocycles. The zero-order valence-corrected chi connectivity index (χ0v) is 10.4. The fourth-order valence-corrected chi connectivity index (χ4v) is 2.25. The molecule has 2 rings (SSSR count). The summed E-state index contributed by atoms with van der Waals surface area (Å²) in [5, 5.41) is 0.455. The number of anilines is 1. The monoisotopic (exact) mass is 271 g/mol. The number of aromatic nitrogens is 4. The van der Waals surface area contributed by atoms with E-state index in [1.165, 1.54) is 24.2 Å². The number of nitrogens with zero attached hydrogens (tertiary/aromatic N) is 4. The van der Waals surface area contributed by atoms with Crippen molar-refractivity contribution in [2.75, 3.05) is 5.73 Å². The first-order chi connectivity index (χ1) is 8.56. The van der Waals surface area contributed by atoms with Gasteiger partial charge in [0.25, 0.3) is 0 Å². The zero-order valence-electron chi connectivity index (χ0n) is 9.55. The molecule has 8 heteroatoms. The topological polar surface area (TPSA) is 69.6 Å². The van der Waals surface area contributed by atoms with Crippen LogP contribution in [0.2, 0.25) is 0 Å². The van der Waals surface area contributed by atoms with Crippen molar-refractivity contribution in [3.63, 3.8) is 0 Å². The van der Waals surface area contributed by atoms with Crippen LogP contribution in [0.5, 0.6) is 0 Å². The second-order valence-electron chi connectivity index (χ2n) is 3.53. The van der Waals surface area contributed by atoms with Crippen molar-refractivity contribution in [1.29, 1.82) is 0 Å². The van der Waals surface area contributed by atoms with E-state index in [0.717, 1.165) is 10.3 Å². The molecule has 0 atom stereocenters. The molecule has 2 aromatic heterocycles. The maximum atomic E-state index is 12.6. The van der Waals surface area contributed by atoms with Crippen molar-refractivity contribution in [2.24, 2.45) is 0 Å². The van der Waals surface area contributed by atoms with Gasteiger partial charge < -0.3 is 5.73 Å². The molecule has 0 aromatic carbocycles. The number of alkyl halides is 2. The first kappa shape index (κ1) is 12.7. The molecule has 0 fully saturated rings. The molecule has 18 heavy (non-hydrogen) atoms. The van der Waals surface area contributed by atoms with Crippen LogP contribution in [0, 0.1) is 6.92 Å². The summed E-state index contributed by atoms with van der Waals surface area (Å²) in [6, 6.07) is 1.64. The summed E-state index contributed by atoms with van der Waals surface area (Å²) in [6.45, 7) is -0.797. The number of nitrogens with two attached hydrogens (primary N) is 1. The minimum atomic E-state index is -2.59. The molecule has 0 saturated heterocycles. The fourth-order valence-electron chi connectivity index (χ4n) is 1.39. The summed E-state index contributed by atoms with van der Waals surface area (Å²) in [6.07, 6.45) is 2.58. The summed E-state index contributed by atoms with van der Waals surface area (Å²) >= 11 is 1.22. The van der Waals surface area contributed by atoms with Crippen molar-refractivity contribution < 1.29 is 8.78 Å². The Hall–Kier alpha value is -1.70. The average Bonchev–Trinajstić information content (AvgIpc) is 2.73. The van der Waals surface area contributed by atoms with Crippen LogP contribution < -0.4 is 5.73 Å². The molecule has 96 valence electrons. The van der Waals surface area contributed by atoms with Crippen LogP contribution in [0.3, 0.4) is 0 Å². The van der Waals surface area contributed by atoms with Gasteiger partial charge in [-0.1, -0.05) is 11.8 Å². The number of aryl methyl sites for hydroxylation is 1. The number of rotatable bonds is 4. The summed E-state index contributed by atoms with van der Waals surface area (Å²) in [5.41, 5.74) is 6.32. The minimum absolute atomic E-state index is 0.264. The Morgan fingerprint density at radius 3 is 2.89 bits per heavy atom. The van der Waals surface area contributed by atoms with Crippen molar-refractivity contribution in [1.82, 2.24) is 19.5 Å². The molecule has 0 bridgehead atoms. The van der Waals surface area contributed by atoms with Crippen LogP contribution >= 0.6 is 11.8 Å². The van der Waals surface area contributed by atoms with E-state index in [4.69, 9.17) is 5.73 Å². The summed E-state index contributed by atoms with van der Waals surface area (Å²) in [5.74, 6) is 0.904. The van der Waals surface area contributed by atoms with Gasteiger partial charge in [0.2, 0.25) is 0 Å². The molecule has 0 spiro atoms. The predicted octanol–water partition coefficient (Wildman–Crippen LogP) is 2.25. The Labute approximate surface area is 106 Å². The predicted molar refractivity (Wildman–Crippen MR) is 64.2 cm³/mol. The Morgan fingerprint density at radius 1 is 1.44 bits per heavy atom. The summed E-state index contributed by atoms with van der Waals surface area (Å²) < 4.78 is 26.0. The SMILES string of the molecule is Cc1cc(N)nc(SCc2nccn2C(F)F)n1. The standard InChI is InChI=1S/C10H11F2N5S/c1-6-4-7(13)16-10(15-6)18-5-8-14-2-3-17(8)9(11)12/h2-4,9H,5H2,1H3,(H2,13,15,16). The highest BCUT2D eigenvalue weighted by atomic mass is 32.2. The number of thioether (sulfide) groups is 1. The van der Waals surface area contributed by atoms with Crippen molar-refractivity contribution in [3.05, 3.63) is 30.0 Å². The molecule has 0 aliphatic heterocycles. The molecule has 2 aromatic rings. The highest BCUT2D eigenvalue weighted by molar-refractivity contribution is 7.98. The van der Waals surface area contributed by atoms with E-state index < -0.39 is 6.55 Å². The van der Waals surface area contributed by atoms with Gasteiger partial charge in [-0.2, -0.15) is 8.78 Å². The lowest BCUT2D eigenvalue weighted by Gasteiger charge is -2.06. The molecule has 2 N–H and O–H groups in total. The van der Waals surface area contributed by atoms with Crippen molar-refractivity contribution in [2.45, 2.75) is 24.4 Å². The molecule has 5 nitrogen and oxygen atoms in total. The van der Waals surface area contributed by atoms with E-state index in [0.29, 0.717) is 11.0 Å². The molecular formula is C10H11F2N5S. The van der Waals surface area contributed by atoms with Gasteiger partial charge in [0.1, 0.15) is 11.6 Å². The Kier molecular flexibility index (Phi) is 3.75. The lowest BCUT2D eigenvalue weighted by atomic mass is 10.4. The molecule has 0 radical (unpaired) electrons. The number of imidazole rings is 1. The highest BCUT2D eigenvalue weighted by Gasteiger charge is 2.12. The van der Waals surface area contributed by atoms with E-state index >= 15 is 0 Å². The second kappa shape index (κ2) is 5.30. The normalized spacial score (nSPS) is 11.1. The number of hydrogen-bond donors (Lipinski definition) is 1. The average molecular weight is 271 g/mol. The van der Waals surface area contributed by atoms with Crippen molar-refractivity contribution in [3.8, 4) is 0 Å². The number of halogens is 2. The van der Waals surface area contributed by atoms with Crippen LogP contribution in [0.25, 0.3) is 0 Å². The van der Waals surface area contributed by atoms with Gasteiger partial charge in [0, 0.05) is 24.2 Å². The lowest BCUT2D eigenvalue weighted by molar-refractivity contribution is 0.0678. The Bertz CT molecular complexity index is 523. The first-order valence-electron chi connectivity index (χ1n) is 5.10. The molecule has 0 aliphatic carbocycles. The van der Waals surface area contributed by atoms with E-state index in [2.05, 4.69) is 15.0 Å². The third kappa shape index (κ3) is 2.95. The molecular weight excluding hydrogens is 260 g/mol. The Balaban J connectivity index is 2.09. The van der Waals surface area contributed by atoms with Crippen LogP contribution in [0.15, 0.2) is 23.6 Å². The van der Waals surface area contributed by atoms with Gasteiger partial charge in [-0.05, 0) is 6.92 Å². The van der Waals surface area contributed by atoms with E-state index in [1.54, 1.807) is 13.0 Å². The smallest absolute Gasteiger partial charge is 0.319 e. The third-order valence-corrected chi connectivity index (χ3v) is 2.99. The minimum Gasteiger partial charge on any atom is -0.384 e. The summed E-state index contributed by atoms with van der Waals surface area (Å²) in [7, 11) is 0. The van der Waals surface area contributed by atoms with Crippen LogP contribution in [0.1, 0.15) is 18.1 Å². The van der Waals surface area contributed by atoms with Crippen LogP contribution in [0.4, 0.5) is 14.6 Å². The van der Waals surface area contributed by atoms with Gasteiger partial charge >= 0.3 is 6.55 Å². The zero-order chi connectivity index (χ0) is 13.1. The van der Waals surface area contributed by atoms with Gasteiger partial charge in [0.05, 0.1) is 5.75 Å². The maximum Gasteiger partial charge on any atom is 0.319 e. The largest absolute Gasteiger partial charge is 0.384 e. The van der Waals surface area contributed by atoms with Gasteiger partial charge in [-0.3, -0.25) is 4.57 Å². The maximum absolute atomic E-state index is 12.6. The van der Waals surface area contributed by atoms with E-state index in [9.17, 15) is 8.78 Å². The first-order valence-corrected chi connectivity index (χ1v) is 6.08. The number of nitrogen functional groups attached to an aromatic ring is 1. The molecule has 0 saturated carbocycles. The fraction of sp³-hybridized carbons (Fsp3) is 0.300. The summed E-state index contributed by atoms with van der Waals surface area (Å²) in [4.78, 5) is 12.0. The molecule has 0 unspecified atom stereocenters. The van der Waals surface area contributed by atoms with Crippen LogP contribution in [-0.2, 0) is 5.75 Å². The van der Waals surface area contributed by atoms with Crippen LogP contribution in [-0.4, -0.2) is 19.5 Å². The quantitative estimate of drug-likeness (QED) is 0.682. The van der Waals surface area contributed by atoms with Crippen molar-refractivity contribution >= 4 is 17.6 Å². The second-order valence-corrected chi connectivity index (χ2v) is 4.48. The molecule has 0 aliphatic rings. The Morgan fingerprint density at radius 2 is 2.22 bits per heavy atom. The molecule has 0 amide bonds. The van der Waals surface area contributed by atoms with E-state index in [-0.39, 0.29) is 11.6 Å². The number of hydrogen-bond acceptors (Lipinski definition) is 5. The van der Waals surface area contributed by atoms with E-state index in [1.807, 2.05) is 0 Å². The van der Waals surface area contributed by atoms with Gasteiger partial charge in [0.15, 0.2) is 5.16 Å². The lowest BCUT2D eigenvalue weighted by Crippen LogP contribution is -2.03. The highest BCUT2D eigenvalue weighted by Crippen LogP contribution is 2.22. The van der Waals surface area contributed by atoms with Gasteiger partial charge in [-0.15, -0.1) is 0 Å².